The molecule has 1 atom stereocenters. The molecule has 158 valence electrons. The van der Waals surface area contributed by atoms with Crippen LogP contribution in [0.2, 0.25) is 0 Å². The van der Waals surface area contributed by atoms with Crippen LogP contribution in [0.3, 0.4) is 0 Å². The molecule has 1 aliphatic heterocycles. The number of nitrogens with one attached hydrogen (secondary N) is 1. The van der Waals surface area contributed by atoms with Crippen molar-refractivity contribution in [3.63, 3.8) is 0 Å². The third-order valence-electron chi connectivity index (χ3n) is 4.79. The number of alkyl halides is 3. The first-order valence-electron chi connectivity index (χ1n) is 10.1. The largest absolute Gasteiger partial charge is 0.493 e. The Hall–Kier alpha value is -2.35. The topological polar surface area (TPSA) is 60.2 Å². The Labute approximate surface area is 168 Å². The zero-order valence-corrected chi connectivity index (χ0v) is 16.5. The molecule has 1 aromatic heterocycles. The third-order valence-corrected chi connectivity index (χ3v) is 4.79. The maximum Gasteiger partial charge on any atom is 0.419 e. The second-order valence-corrected chi connectivity index (χ2v) is 7.10. The number of hydrogen-bond acceptors (Lipinski definition) is 5. The highest BCUT2D eigenvalue weighted by molar-refractivity contribution is 5.59. The molecule has 0 bridgehead atoms. The summed E-state index contributed by atoms with van der Waals surface area (Å²) in [6.45, 7) is 3.09. The minimum absolute atomic E-state index is 0.120. The summed E-state index contributed by atoms with van der Waals surface area (Å²) >= 11 is 0. The Morgan fingerprint density at radius 2 is 1.97 bits per heavy atom. The summed E-state index contributed by atoms with van der Waals surface area (Å²) in [5.41, 5.74) is -0.590. The third kappa shape index (κ3) is 5.82. The molecule has 1 aliphatic rings. The molecule has 2 heterocycles. The van der Waals surface area contributed by atoms with Crippen LogP contribution in [0.1, 0.15) is 62.9 Å². The fourth-order valence-electron chi connectivity index (χ4n) is 3.20. The summed E-state index contributed by atoms with van der Waals surface area (Å²) in [7, 11) is 0. The van der Waals surface area contributed by atoms with Crippen LogP contribution in [0.4, 0.5) is 13.2 Å². The molecule has 0 fully saturated rings. The van der Waals surface area contributed by atoms with E-state index in [9.17, 15) is 13.2 Å². The van der Waals surface area contributed by atoms with E-state index >= 15 is 0 Å². The van der Waals surface area contributed by atoms with Crippen LogP contribution in [0, 0.1) is 0 Å². The maximum absolute atomic E-state index is 13.5. The number of ether oxygens (including phenoxy) is 1. The summed E-state index contributed by atoms with van der Waals surface area (Å²) in [5.74, 6) is 0.278. The van der Waals surface area contributed by atoms with E-state index in [1.807, 2.05) is 12.2 Å². The van der Waals surface area contributed by atoms with E-state index in [2.05, 4.69) is 22.4 Å². The van der Waals surface area contributed by atoms with Gasteiger partial charge in [0.25, 0.3) is 0 Å². The van der Waals surface area contributed by atoms with Gasteiger partial charge in [-0.25, -0.2) is 0 Å². The van der Waals surface area contributed by atoms with E-state index in [1.54, 1.807) is 0 Å². The molecule has 1 unspecified atom stereocenters. The molecule has 0 radical (unpaired) electrons. The molecule has 0 saturated carbocycles. The number of halogens is 3. The van der Waals surface area contributed by atoms with Crippen molar-refractivity contribution in [2.75, 3.05) is 13.2 Å². The lowest BCUT2D eigenvalue weighted by Crippen LogP contribution is -2.13. The number of unbranched alkanes of at least 4 members (excludes halogenated alkanes) is 5. The van der Waals surface area contributed by atoms with Gasteiger partial charge in [-0.3, -0.25) is 5.32 Å². The van der Waals surface area contributed by atoms with Gasteiger partial charge in [-0.2, -0.15) is 18.2 Å². The van der Waals surface area contributed by atoms with Crippen molar-refractivity contribution in [1.29, 1.82) is 0 Å². The molecule has 0 saturated heterocycles. The number of benzene rings is 1. The first-order valence-corrected chi connectivity index (χ1v) is 10.1. The van der Waals surface area contributed by atoms with E-state index in [0.717, 1.165) is 38.2 Å². The normalized spacial score (nSPS) is 16.5. The zero-order valence-electron chi connectivity index (χ0n) is 16.5. The number of aromatic nitrogens is 2. The molecular weight excluding hydrogens is 383 g/mol. The van der Waals surface area contributed by atoms with Gasteiger partial charge in [0.05, 0.1) is 12.2 Å². The monoisotopic (exact) mass is 409 g/mol. The molecule has 1 N–H and O–H groups in total. The van der Waals surface area contributed by atoms with Gasteiger partial charge in [-0.05, 0) is 24.6 Å². The first-order chi connectivity index (χ1) is 14.0. The average molecular weight is 409 g/mol. The van der Waals surface area contributed by atoms with Crippen molar-refractivity contribution in [2.24, 2.45) is 0 Å². The van der Waals surface area contributed by atoms with Gasteiger partial charge in [0.1, 0.15) is 11.8 Å². The fraction of sp³-hybridized carbons (Fsp3) is 0.524. The van der Waals surface area contributed by atoms with Gasteiger partial charge in [0.15, 0.2) is 0 Å². The van der Waals surface area contributed by atoms with E-state index in [4.69, 9.17) is 9.26 Å². The highest BCUT2D eigenvalue weighted by Gasteiger charge is 2.35. The minimum atomic E-state index is -4.53. The van der Waals surface area contributed by atoms with Crippen LogP contribution in [0.25, 0.3) is 11.4 Å². The predicted octanol–water partition coefficient (Wildman–Crippen LogP) is 5.70. The fourth-order valence-corrected chi connectivity index (χ4v) is 3.20. The van der Waals surface area contributed by atoms with Crippen LogP contribution in [0.5, 0.6) is 5.75 Å². The summed E-state index contributed by atoms with van der Waals surface area (Å²) in [5, 5.41) is 6.95. The lowest BCUT2D eigenvalue weighted by atomic mass is 10.1. The Kier molecular flexibility index (Phi) is 7.30. The molecule has 0 aliphatic carbocycles. The summed E-state index contributed by atoms with van der Waals surface area (Å²) in [6, 6.07) is 3.67. The molecule has 8 heteroatoms. The summed E-state index contributed by atoms with van der Waals surface area (Å²) < 4.78 is 51.3. The molecule has 2 aromatic rings. The average Bonchev–Trinajstić information content (AvgIpc) is 3.38. The van der Waals surface area contributed by atoms with Crippen LogP contribution in [-0.4, -0.2) is 23.3 Å². The van der Waals surface area contributed by atoms with Crippen molar-refractivity contribution in [1.82, 2.24) is 15.5 Å². The van der Waals surface area contributed by atoms with E-state index in [-0.39, 0.29) is 29.8 Å². The second kappa shape index (κ2) is 9.91. The molecule has 3 rings (SSSR count). The summed E-state index contributed by atoms with van der Waals surface area (Å²) in [4.78, 5) is 4.23. The number of rotatable bonds is 10. The lowest BCUT2D eigenvalue weighted by Gasteiger charge is -2.14. The SMILES string of the molecule is CCCCCCCCOc1ccc(-c2noc(C3C=CCN3)n2)cc1C(F)(F)F. The van der Waals surface area contributed by atoms with Gasteiger partial charge in [-0.15, -0.1) is 0 Å². The van der Waals surface area contributed by atoms with E-state index in [1.165, 1.54) is 18.6 Å². The van der Waals surface area contributed by atoms with Crippen LogP contribution in [-0.2, 0) is 6.18 Å². The maximum atomic E-state index is 13.5. The smallest absolute Gasteiger partial charge is 0.419 e. The van der Waals surface area contributed by atoms with Crippen molar-refractivity contribution in [3.8, 4) is 17.1 Å². The Morgan fingerprint density at radius 3 is 2.69 bits per heavy atom. The van der Waals surface area contributed by atoms with Gasteiger partial charge in [-0.1, -0.05) is 56.3 Å². The summed E-state index contributed by atoms with van der Waals surface area (Å²) in [6.07, 6.45) is 5.52. The highest BCUT2D eigenvalue weighted by atomic mass is 19.4. The van der Waals surface area contributed by atoms with Crippen molar-refractivity contribution >= 4 is 0 Å². The van der Waals surface area contributed by atoms with Crippen molar-refractivity contribution in [2.45, 2.75) is 57.7 Å². The molecule has 0 spiro atoms. The quantitative estimate of drug-likeness (QED) is 0.403. The van der Waals surface area contributed by atoms with Gasteiger partial charge in [0, 0.05) is 12.1 Å². The molecule has 0 amide bonds. The first kappa shape index (κ1) is 21.4. The molecule has 1 aromatic carbocycles. The Bertz CT molecular complexity index is 818. The molecule has 5 nitrogen and oxygen atoms in total. The van der Waals surface area contributed by atoms with Gasteiger partial charge >= 0.3 is 6.18 Å². The van der Waals surface area contributed by atoms with Crippen LogP contribution in [0.15, 0.2) is 34.9 Å². The van der Waals surface area contributed by atoms with E-state index in [0.29, 0.717) is 12.4 Å². The molecular formula is C21H26F3N3O2. The van der Waals surface area contributed by atoms with Crippen LogP contribution < -0.4 is 10.1 Å². The van der Waals surface area contributed by atoms with E-state index < -0.39 is 11.7 Å². The number of hydrogen-bond donors (Lipinski definition) is 1. The standard InChI is InChI=1S/C21H26F3N3O2/c1-2-3-4-5-6-7-13-28-18-11-10-15(14-16(18)21(22,23)24)19-26-20(29-27-19)17-9-8-12-25-17/h8-11,14,17,25H,2-7,12-13H2,1H3. The predicted molar refractivity (Wildman–Crippen MR) is 103 cm³/mol. The van der Waals surface area contributed by atoms with Gasteiger partial charge < -0.3 is 9.26 Å². The van der Waals surface area contributed by atoms with Crippen molar-refractivity contribution in [3.05, 3.63) is 41.8 Å². The van der Waals surface area contributed by atoms with Crippen molar-refractivity contribution < 1.29 is 22.4 Å². The Balaban J connectivity index is 1.67. The minimum Gasteiger partial charge on any atom is -0.493 e. The molecule has 29 heavy (non-hydrogen) atoms. The van der Waals surface area contributed by atoms with Crippen LogP contribution >= 0.6 is 0 Å². The second-order valence-electron chi connectivity index (χ2n) is 7.10. The number of nitrogens with zero attached hydrogens (tertiary/aromatic N) is 2. The lowest BCUT2D eigenvalue weighted by molar-refractivity contribution is -0.138. The highest BCUT2D eigenvalue weighted by Crippen LogP contribution is 2.38. The Morgan fingerprint density at radius 1 is 1.17 bits per heavy atom. The van der Waals surface area contributed by atoms with Gasteiger partial charge in [0.2, 0.25) is 11.7 Å². The zero-order chi connectivity index (χ0) is 20.7.